The van der Waals surface area contributed by atoms with E-state index in [9.17, 15) is 34.1 Å². The first-order valence-corrected chi connectivity index (χ1v) is 15.1. The predicted octanol–water partition coefficient (Wildman–Crippen LogP) is 3.27. The lowest BCUT2D eigenvalue weighted by Crippen LogP contribution is -2.56. The number of ketones is 1. The molecule has 0 saturated heterocycles. The summed E-state index contributed by atoms with van der Waals surface area (Å²) < 4.78 is 10.4. The standard InChI is InChI=1S/C31H37ClN4O9/c1-2-45-27(37)17-33-31(41)28(38)25(19-44-18-21-11-7-4-8-12-21)35-30(40)24(15-20-9-5-3-6-10-20)34-29(39)22-13-14-23(32)26(16-22)36(42)43/h4,7-8,11-14,16,20,24-25H,2-3,5-6,9-10,15,17-19H2,1H3,(H,33,41)(H,34,39)(H,35,40)/t24-,25-/m0/s1. The predicted molar refractivity (Wildman–Crippen MR) is 163 cm³/mol. The molecule has 0 spiro atoms. The van der Waals surface area contributed by atoms with Gasteiger partial charge < -0.3 is 25.4 Å². The first kappa shape index (κ1) is 35.1. The van der Waals surface area contributed by atoms with E-state index in [1.54, 1.807) is 31.2 Å². The van der Waals surface area contributed by atoms with Gasteiger partial charge >= 0.3 is 5.97 Å². The number of halogens is 1. The lowest BCUT2D eigenvalue weighted by atomic mass is 9.84. The van der Waals surface area contributed by atoms with Gasteiger partial charge in [0.25, 0.3) is 17.5 Å². The van der Waals surface area contributed by atoms with Crippen molar-refractivity contribution in [3.63, 3.8) is 0 Å². The number of ether oxygens (including phenoxy) is 2. The third kappa shape index (κ3) is 11.3. The Labute approximate surface area is 265 Å². The topological polar surface area (TPSA) is 183 Å². The molecule has 3 amide bonds. The number of amides is 3. The van der Waals surface area contributed by atoms with Crippen LogP contribution in [0.25, 0.3) is 0 Å². The molecule has 2 aromatic carbocycles. The summed E-state index contributed by atoms with van der Waals surface area (Å²) in [5.41, 5.74) is 0.249. The summed E-state index contributed by atoms with van der Waals surface area (Å²) >= 11 is 5.89. The van der Waals surface area contributed by atoms with Gasteiger partial charge in [-0.3, -0.25) is 34.1 Å². The zero-order chi connectivity index (χ0) is 32.8. The molecule has 13 nitrogen and oxygen atoms in total. The highest BCUT2D eigenvalue weighted by atomic mass is 35.5. The van der Waals surface area contributed by atoms with Gasteiger partial charge in [-0.25, -0.2) is 0 Å². The summed E-state index contributed by atoms with van der Waals surface area (Å²) in [5.74, 6) is -4.31. The van der Waals surface area contributed by atoms with Crippen molar-refractivity contribution in [3.8, 4) is 0 Å². The maximum atomic E-state index is 13.7. The van der Waals surface area contributed by atoms with E-state index in [4.69, 9.17) is 21.1 Å². The minimum absolute atomic E-state index is 0.0790. The Hall–Kier alpha value is -4.36. The highest BCUT2D eigenvalue weighted by molar-refractivity contribution is 6.38. The van der Waals surface area contributed by atoms with Gasteiger partial charge in [-0.2, -0.15) is 0 Å². The number of nitrogens with one attached hydrogen (secondary N) is 3. The van der Waals surface area contributed by atoms with Crippen molar-refractivity contribution in [2.24, 2.45) is 5.92 Å². The fourth-order valence-electron chi connectivity index (χ4n) is 4.96. The van der Waals surface area contributed by atoms with E-state index >= 15 is 0 Å². The van der Waals surface area contributed by atoms with Crippen LogP contribution in [0.15, 0.2) is 48.5 Å². The van der Waals surface area contributed by atoms with E-state index in [0.717, 1.165) is 43.7 Å². The van der Waals surface area contributed by atoms with Crippen molar-refractivity contribution in [2.45, 2.75) is 64.1 Å². The lowest BCUT2D eigenvalue weighted by Gasteiger charge is -2.28. The fourth-order valence-corrected chi connectivity index (χ4v) is 5.14. The van der Waals surface area contributed by atoms with E-state index in [-0.39, 0.29) is 42.7 Å². The second kappa shape index (κ2) is 17.8. The molecule has 1 aliphatic rings. The molecule has 0 bridgehead atoms. The van der Waals surface area contributed by atoms with E-state index in [1.165, 1.54) is 12.1 Å². The van der Waals surface area contributed by atoms with Crippen LogP contribution in [0.1, 0.15) is 61.4 Å². The zero-order valence-corrected chi connectivity index (χ0v) is 25.7. The second-order valence-corrected chi connectivity index (χ2v) is 11.0. The van der Waals surface area contributed by atoms with Crippen LogP contribution in [-0.4, -0.2) is 66.2 Å². The maximum Gasteiger partial charge on any atom is 0.325 e. The molecule has 242 valence electrons. The van der Waals surface area contributed by atoms with Crippen LogP contribution in [0.5, 0.6) is 0 Å². The number of hydrogen-bond acceptors (Lipinski definition) is 9. The molecule has 45 heavy (non-hydrogen) atoms. The Kier molecular flexibility index (Phi) is 13.9. The van der Waals surface area contributed by atoms with Crippen molar-refractivity contribution >= 4 is 46.8 Å². The van der Waals surface area contributed by atoms with Crippen LogP contribution >= 0.6 is 11.6 Å². The number of benzene rings is 2. The third-order valence-electron chi connectivity index (χ3n) is 7.27. The maximum absolute atomic E-state index is 13.7. The van der Waals surface area contributed by atoms with Crippen LogP contribution in [0.4, 0.5) is 5.69 Å². The Morgan fingerprint density at radius 3 is 2.38 bits per heavy atom. The highest BCUT2D eigenvalue weighted by Gasteiger charge is 2.33. The molecular formula is C31H37ClN4O9. The highest BCUT2D eigenvalue weighted by Crippen LogP contribution is 2.28. The monoisotopic (exact) mass is 644 g/mol. The number of carbonyl (C=O) groups excluding carboxylic acids is 5. The molecule has 1 fully saturated rings. The first-order valence-electron chi connectivity index (χ1n) is 14.7. The van der Waals surface area contributed by atoms with Gasteiger partial charge in [-0.1, -0.05) is 74.0 Å². The number of hydrogen-bond donors (Lipinski definition) is 3. The number of carbonyl (C=O) groups is 5. The van der Waals surface area contributed by atoms with Gasteiger partial charge in [0.05, 0.1) is 24.7 Å². The smallest absolute Gasteiger partial charge is 0.325 e. The molecule has 0 heterocycles. The van der Waals surface area contributed by atoms with Crippen LogP contribution in [0.3, 0.4) is 0 Å². The largest absolute Gasteiger partial charge is 0.465 e. The van der Waals surface area contributed by atoms with Crippen molar-refractivity contribution in [1.29, 1.82) is 0 Å². The van der Waals surface area contributed by atoms with Crippen LogP contribution in [0.2, 0.25) is 5.02 Å². The van der Waals surface area contributed by atoms with Crippen LogP contribution in [-0.2, 0) is 35.3 Å². The van der Waals surface area contributed by atoms with Gasteiger partial charge in [0.1, 0.15) is 23.7 Å². The number of nitro benzene ring substituents is 1. The summed E-state index contributed by atoms with van der Waals surface area (Å²) in [6.07, 6.45) is 4.91. The fraction of sp³-hybridized carbons (Fsp3) is 0.452. The molecule has 1 saturated carbocycles. The van der Waals surface area contributed by atoms with Gasteiger partial charge in [-0.15, -0.1) is 0 Å². The van der Waals surface area contributed by atoms with Crippen molar-refractivity contribution in [1.82, 2.24) is 16.0 Å². The quantitative estimate of drug-likeness (QED) is 0.107. The minimum Gasteiger partial charge on any atom is -0.465 e. The van der Waals surface area contributed by atoms with Gasteiger partial charge in [0, 0.05) is 11.6 Å². The van der Waals surface area contributed by atoms with E-state index < -0.39 is 58.7 Å². The molecule has 0 aliphatic heterocycles. The van der Waals surface area contributed by atoms with E-state index in [1.807, 2.05) is 6.07 Å². The molecule has 14 heteroatoms. The Morgan fingerprint density at radius 2 is 1.71 bits per heavy atom. The molecule has 0 radical (unpaired) electrons. The zero-order valence-electron chi connectivity index (χ0n) is 24.9. The molecule has 2 atom stereocenters. The van der Waals surface area contributed by atoms with Crippen molar-refractivity contribution in [2.75, 3.05) is 19.8 Å². The molecule has 2 aromatic rings. The molecule has 0 aromatic heterocycles. The summed E-state index contributed by atoms with van der Waals surface area (Å²) in [5, 5.41) is 18.6. The number of esters is 1. The van der Waals surface area contributed by atoms with Crippen molar-refractivity contribution < 1.29 is 38.4 Å². The first-order chi connectivity index (χ1) is 21.6. The molecular weight excluding hydrogens is 608 g/mol. The van der Waals surface area contributed by atoms with Gasteiger partial charge in [0.2, 0.25) is 11.7 Å². The summed E-state index contributed by atoms with van der Waals surface area (Å²) in [7, 11) is 0. The average molecular weight is 645 g/mol. The Morgan fingerprint density at radius 1 is 1.00 bits per heavy atom. The SMILES string of the molecule is CCOC(=O)CNC(=O)C(=O)[C@H](COCc1ccccc1)NC(=O)[C@H](CC1CCCCC1)NC(=O)c1ccc(Cl)c([N+](=O)[O-])c1. The molecule has 1 aliphatic carbocycles. The Bertz CT molecular complexity index is 1370. The number of nitrogens with zero attached hydrogens (tertiary/aromatic N) is 1. The normalized spacial score (nSPS) is 14.4. The third-order valence-corrected chi connectivity index (χ3v) is 7.59. The minimum atomic E-state index is -1.45. The lowest BCUT2D eigenvalue weighted by molar-refractivity contribution is -0.384. The number of Topliss-reactive ketones (excluding diaryl/α,β-unsaturated/α-hetero) is 1. The van der Waals surface area contributed by atoms with Gasteiger partial charge in [0.15, 0.2) is 0 Å². The molecule has 3 N–H and O–H groups in total. The van der Waals surface area contributed by atoms with Crippen LogP contribution in [0, 0.1) is 16.0 Å². The van der Waals surface area contributed by atoms with E-state index in [2.05, 4.69) is 16.0 Å². The summed E-state index contributed by atoms with van der Waals surface area (Å²) in [6.45, 7) is 0.850. The van der Waals surface area contributed by atoms with Gasteiger partial charge in [-0.05, 0) is 37.0 Å². The van der Waals surface area contributed by atoms with E-state index in [0.29, 0.717) is 0 Å². The average Bonchev–Trinajstić information content (AvgIpc) is 3.03. The van der Waals surface area contributed by atoms with Crippen molar-refractivity contribution in [3.05, 3.63) is 74.8 Å². The Balaban J connectivity index is 1.79. The summed E-state index contributed by atoms with van der Waals surface area (Å²) in [6, 6.07) is 10.00. The summed E-state index contributed by atoms with van der Waals surface area (Å²) in [4.78, 5) is 75.0. The molecule has 3 rings (SSSR count). The molecule has 0 unspecified atom stereocenters. The number of nitro groups is 1. The number of rotatable bonds is 16. The van der Waals surface area contributed by atoms with Crippen LogP contribution < -0.4 is 16.0 Å². The second-order valence-electron chi connectivity index (χ2n) is 10.6.